The highest BCUT2D eigenvalue weighted by atomic mass is 32.2. The number of nitrogen functional groups attached to an aromatic ring is 1. The molecule has 0 saturated carbocycles. The van der Waals surface area contributed by atoms with Crippen LogP contribution in [-0.2, 0) is 10.0 Å². The van der Waals surface area contributed by atoms with Crippen LogP contribution in [0.5, 0.6) is 5.75 Å². The molecule has 3 N–H and O–H groups in total. The van der Waals surface area contributed by atoms with Gasteiger partial charge in [-0.3, -0.25) is 4.72 Å². The van der Waals surface area contributed by atoms with Crippen molar-refractivity contribution in [3.63, 3.8) is 0 Å². The Hall–Kier alpha value is -2.21. The van der Waals surface area contributed by atoms with Crippen molar-refractivity contribution < 1.29 is 13.2 Å². The van der Waals surface area contributed by atoms with Crippen LogP contribution in [0.3, 0.4) is 0 Å². The van der Waals surface area contributed by atoms with Gasteiger partial charge in [0.15, 0.2) is 0 Å². The van der Waals surface area contributed by atoms with E-state index in [9.17, 15) is 8.42 Å². The third-order valence-corrected chi connectivity index (χ3v) is 3.94. The fourth-order valence-corrected chi connectivity index (χ4v) is 2.67. The van der Waals surface area contributed by atoms with Crippen LogP contribution in [0.15, 0.2) is 53.4 Å². The Morgan fingerprint density at radius 2 is 1.79 bits per heavy atom. The SMILES string of the molecule is COc1ccc(NS(=O)(=O)c2ccccc2)c(N)c1. The standard InChI is InChI=1S/C13H14N2O3S/c1-18-10-7-8-13(12(14)9-10)15-19(16,17)11-5-3-2-4-6-11/h2-9,15H,14H2,1H3. The maximum atomic E-state index is 12.1. The number of nitrogens with two attached hydrogens (primary N) is 1. The Morgan fingerprint density at radius 3 is 2.37 bits per heavy atom. The first-order valence-electron chi connectivity index (χ1n) is 5.54. The highest BCUT2D eigenvalue weighted by molar-refractivity contribution is 7.92. The number of rotatable bonds is 4. The first kappa shape index (κ1) is 13.2. The van der Waals surface area contributed by atoms with Crippen LogP contribution in [-0.4, -0.2) is 15.5 Å². The molecule has 0 aromatic heterocycles. The molecule has 0 radical (unpaired) electrons. The minimum Gasteiger partial charge on any atom is -0.497 e. The van der Waals surface area contributed by atoms with E-state index in [-0.39, 0.29) is 4.90 Å². The van der Waals surface area contributed by atoms with E-state index in [0.29, 0.717) is 17.1 Å². The molecule has 5 nitrogen and oxygen atoms in total. The summed E-state index contributed by atoms with van der Waals surface area (Å²) >= 11 is 0. The van der Waals surface area contributed by atoms with Gasteiger partial charge in [0, 0.05) is 6.07 Å². The lowest BCUT2D eigenvalue weighted by Gasteiger charge is -2.11. The molecule has 2 aromatic carbocycles. The van der Waals surface area contributed by atoms with Gasteiger partial charge in [0.2, 0.25) is 0 Å². The maximum absolute atomic E-state index is 12.1. The van der Waals surface area contributed by atoms with Crippen LogP contribution in [0.1, 0.15) is 0 Å². The van der Waals surface area contributed by atoms with Gasteiger partial charge in [0.05, 0.1) is 23.4 Å². The number of benzene rings is 2. The minimum atomic E-state index is -3.63. The molecule has 0 heterocycles. The van der Waals surface area contributed by atoms with E-state index in [1.165, 1.54) is 19.2 Å². The molecule has 0 aliphatic carbocycles. The molecule has 0 aliphatic rings. The lowest BCUT2D eigenvalue weighted by atomic mass is 10.2. The van der Waals surface area contributed by atoms with Crippen molar-refractivity contribution in [2.45, 2.75) is 4.90 Å². The predicted octanol–water partition coefficient (Wildman–Crippen LogP) is 2.08. The predicted molar refractivity (Wildman–Crippen MR) is 74.7 cm³/mol. The zero-order valence-corrected chi connectivity index (χ0v) is 11.1. The van der Waals surface area contributed by atoms with Crippen molar-refractivity contribution in [2.24, 2.45) is 0 Å². The molecule has 6 heteroatoms. The van der Waals surface area contributed by atoms with Crippen molar-refractivity contribution in [1.29, 1.82) is 0 Å². The third kappa shape index (κ3) is 2.97. The van der Waals surface area contributed by atoms with Crippen molar-refractivity contribution in [3.8, 4) is 5.75 Å². The molecule has 0 unspecified atom stereocenters. The van der Waals surface area contributed by atoms with Crippen molar-refractivity contribution in [3.05, 3.63) is 48.5 Å². The van der Waals surface area contributed by atoms with Crippen molar-refractivity contribution >= 4 is 21.4 Å². The number of anilines is 2. The average Bonchev–Trinajstić information content (AvgIpc) is 2.42. The Kier molecular flexibility index (Phi) is 3.62. The van der Waals surface area contributed by atoms with Crippen LogP contribution >= 0.6 is 0 Å². The van der Waals surface area contributed by atoms with E-state index >= 15 is 0 Å². The summed E-state index contributed by atoms with van der Waals surface area (Å²) in [6.07, 6.45) is 0. The average molecular weight is 278 g/mol. The second-order valence-corrected chi connectivity index (χ2v) is 5.55. The highest BCUT2D eigenvalue weighted by Crippen LogP contribution is 2.26. The van der Waals surface area contributed by atoms with E-state index in [1.807, 2.05) is 0 Å². The Morgan fingerprint density at radius 1 is 1.11 bits per heavy atom. The third-order valence-electron chi connectivity index (χ3n) is 2.56. The smallest absolute Gasteiger partial charge is 0.261 e. The zero-order chi connectivity index (χ0) is 13.9. The minimum absolute atomic E-state index is 0.185. The number of ether oxygens (including phenoxy) is 1. The summed E-state index contributed by atoms with van der Waals surface area (Å²) in [6.45, 7) is 0. The van der Waals surface area contributed by atoms with Gasteiger partial charge < -0.3 is 10.5 Å². The molecule has 0 amide bonds. The van der Waals surface area contributed by atoms with Gasteiger partial charge in [0.25, 0.3) is 10.0 Å². The molecule has 0 atom stereocenters. The molecule has 0 saturated heterocycles. The molecule has 0 aliphatic heterocycles. The molecular formula is C13H14N2O3S. The first-order valence-corrected chi connectivity index (χ1v) is 7.02. The molecule has 0 bridgehead atoms. The topological polar surface area (TPSA) is 81.4 Å². The summed E-state index contributed by atoms with van der Waals surface area (Å²) in [6, 6.07) is 12.9. The number of methoxy groups -OCH3 is 1. The number of nitrogens with one attached hydrogen (secondary N) is 1. The molecule has 100 valence electrons. The number of sulfonamides is 1. The molecule has 2 rings (SSSR count). The van der Waals surface area contributed by atoms with Gasteiger partial charge in [-0.1, -0.05) is 18.2 Å². The van der Waals surface area contributed by atoms with Crippen LogP contribution in [0.4, 0.5) is 11.4 Å². The van der Waals surface area contributed by atoms with E-state index in [0.717, 1.165) is 0 Å². The number of hydrogen-bond acceptors (Lipinski definition) is 4. The fourth-order valence-electron chi connectivity index (χ4n) is 1.56. The molecule has 19 heavy (non-hydrogen) atoms. The van der Waals surface area contributed by atoms with E-state index < -0.39 is 10.0 Å². The summed E-state index contributed by atoms with van der Waals surface area (Å²) in [7, 11) is -2.11. The van der Waals surface area contributed by atoms with Crippen LogP contribution in [0.2, 0.25) is 0 Å². The number of hydrogen-bond donors (Lipinski definition) is 2. The largest absolute Gasteiger partial charge is 0.497 e. The summed E-state index contributed by atoms with van der Waals surface area (Å²) < 4.78 is 31.7. The lowest BCUT2D eigenvalue weighted by molar-refractivity contribution is 0.415. The summed E-state index contributed by atoms with van der Waals surface area (Å²) in [5.41, 5.74) is 6.40. The van der Waals surface area contributed by atoms with Crippen LogP contribution < -0.4 is 15.2 Å². The molecule has 2 aromatic rings. The molecular weight excluding hydrogens is 264 g/mol. The normalized spacial score (nSPS) is 11.0. The van der Waals surface area contributed by atoms with Gasteiger partial charge in [-0.05, 0) is 24.3 Å². The lowest BCUT2D eigenvalue weighted by Crippen LogP contribution is -2.14. The second kappa shape index (κ2) is 5.19. The summed E-state index contributed by atoms with van der Waals surface area (Å²) in [4.78, 5) is 0.185. The van der Waals surface area contributed by atoms with Gasteiger partial charge in [-0.25, -0.2) is 8.42 Å². The van der Waals surface area contributed by atoms with Gasteiger partial charge in [-0.15, -0.1) is 0 Å². The van der Waals surface area contributed by atoms with Gasteiger partial charge in [-0.2, -0.15) is 0 Å². The maximum Gasteiger partial charge on any atom is 0.261 e. The monoisotopic (exact) mass is 278 g/mol. The first-order chi connectivity index (χ1) is 9.03. The molecule has 0 fully saturated rings. The highest BCUT2D eigenvalue weighted by Gasteiger charge is 2.14. The summed E-state index contributed by atoms with van der Waals surface area (Å²) in [5.74, 6) is 0.570. The molecule has 0 spiro atoms. The zero-order valence-electron chi connectivity index (χ0n) is 10.3. The van der Waals surface area contributed by atoms with Gasteiger partial charge in [0.1, 0.15) is 5.75 Å². The van der Waals surface area contributed by atoms with E-state index in [4.69, 9.17) is 10.5 Å². The Labute approximate surface area is 112 Å². The van der Waals surface area contributed by atoms with Crippen LogP contribution in [0, 0.1) is 0 Å². The second-order valence-electron chi connectivity index (χ2n) is 3.87. The van der Waals surface area contributed by atoms with Crippen molar-refractivity contribution in [1.82, 2.24) is 0 Å². The summed E-state index contributed by atoms with van der Waals surface area (Å²) in [5, 5.41) is 0. The van der Waals surface area contributed by atoms with Crippen LogP contribution in [0.25, 0.3) is 0 Å². The quantitative estimate of drug-likeness (QED) is 0.839. The van der Waals surface area contributed by atoms with E-state index in [1.54, 1.807) is 36.4 Å². The Bertz CT molecular complexity index is 670. The van der Waals surface area contributed by atoms with E-state index in [2.05, 4.69) is 4.72 Å². The van der Waals surface area contributed by atoms with Gasteiger partial charge >= 0.3 is 0 Å². The fraction of sp³-hybridized carbons (Fsp3) is 0.0769. The van der Waals surface area contributed by atoms with Crippen molar-refractivity contribution in [2.75, 3.05) is 17.6 Å². The Balaban J connectivity index is 2.31.